The lowest BCUT2D eigenvalue weighted by Gasteiger charge is -2.22. The molecule has 0 aromatic heterocycles. The number of carbonyl (C=O) groups excluding carboxylic acids is 2. The topological polar surface area (TPSA) is 69.6 Å². The molecule has 1 aromatic carbocycles. The molecular weight excluding hydrogens is 327 g/mol. The highest BCUT2D eigenvalue weighted by Gasteiger charge is 2.52. The van der Waals surface area contributed by atoms with Crippen LogP contribution in [-0.2, 0) is 4.79 Å². The molecule has 1 aliphatic heterocycles. The molecule has 5 nitrogen and oxygen atoms in total. The second kappa shape index (κ2) is 5.72. The van der Waals surface area contributed by atoms with Gasteiger partial charge in [-0.3, -0.25) is 9.69 Å². The molecule has 22 heavy (non-hydrogen) atoms. The molecule has 118 valence electrons. The van der Waals surface area contributed by atoms with E-state index in [0.29, 0.717) is 28.5 Å². The summed E-state index contributed by atoms with van der Waals surface area (Å²) in [5, 5.41) is 13.9. The highest BCUT2D eigenvalue weighted by atomic mass is 35.5. The molecular formula is C15H16Cl2N2O3. The summed E-state index contributed by atoms with van der Waals surface area (Å²) in [4.78, 5) is 25.7. The van der Waals surface area contributed by atoms with Crippen molar-refractivity contribution in [1.29, 1.82) is 0 Å². The monoisotopic (exact) mass is 342 g/mol. The third-order valence-corrected chi connectivity index (χ3v) is 4.95. The Bertz CT molecular complexity index is 629. The van der Waals surface area contributed by atoms with E-state index in [4.69, 9.17) is 23.2 Å². The summed E-state index contributed by atoms with van der Waals surface area (Å²) in [5.41, 5.74) is -0.364. The van der Waals surface area contributed by atoms with Crippen molar-refractivity contribution >= 4 is 35.1 Å². The predicted molar refractivity (Wildman–Crippen MR) is 82.9 cm³/mol. The number of carbonyl (C=O) groups is 2. The molecule has 2 N–H and O–H groups in total. The Morgan fingerprint density at radius 3 is 2.64 bits per heavy atom. The summed E-state index contributed by atoms with van der Waals surface area (Å²) >= 11 is 12.0. The van der Waals surface area contributed by atoms with E-state index in [0.717, 1.165) is 17.7 Å². The standard InChI is InChI=1S/C15H16Cl2N2O3/c16-9-3-4-11(17)10(7-9)12(20)8-19-13(21)15(18-14(19)22)5-1-2-6-15/h3-4,7,12,20H,1-2,5-6,8H2,(H,18,22). The van der Waals surface area contributed by atoms with Crippen LogP contribution in [0.4, 0.5) is 4.79 Å². The first-order chi connectivity index (χ1) is 10.4. The van der Waals surface area contributed by atoms with Gasteiger partial charge in [-0.05, 0) is 31.0 Å². The van der Waals surface area contributed by atoms with Gasteiger partial charge in [0.15, 0.2) is 0 Å². The second-order valence-corrected chi connectivity index (χ2v) is 6.66. The van der Waals surface area contributed by atoms with Gasteiger partial charge in [0, 0.05) is 15.6 Å². The lowest BCUT2D eigenvalue weighted by molar-refractivity contribution is -0.132. The van der Waals surface area contributed by atoms with Crippen molar-refractivity contribution in [2.75, 3.05) is 6.54 Å². The first-order valence-electron chi connectivity index (χ1n) is 7.20. The van der Waals surface area contributed by atoms with Gasteiger partial charge in [-0.2, -0.15) is 0 Å². The number of imide groups is 1. The largest absolute Gasteiger partial charge is 0.386 e. The molecule has 3 rings (SSSR count). The van der Waals surface area contributed by atoms with Gasteiger partial charge in [0.25, 0.3) is 5.91 Å². The lowest BCUT2D eigenvalue weighted by Crippen LogP contribution is -2.44. The number of nitrogens with one attached hydrogen (secondary N) is 1. The van der Waals surface area contributed by atoms with Gasteiger partial charge in [-0.25, -0.2) is 4.79 Å². The Morgan fingerprint density at radius 1 is 1.27 bits per heavy atom. The van der Waals surface area contributed by atoms with Crippen molar-refractivity contribution in [2.45, 2.75) is 37.3 Å². The van der Waals surface area contributed by atoms with E-state index < -0.39 is 17.7 Å². The molecule has 1 saturated heterocycles. The Hall–Kier alpha value is -1.30. The molecule has 3 amide bonds. The number of aliphatic hydroxyl groups excluding tert-OH is 1. The van der Waals surface area contributed by atoms with Crippen LogP contribution in [0, 0.1) is 0 Å². The summed E-state index contributed by atoms with van der Waals surface area (Å²) in [6.07, 6.45) is 2.08. The Kier molecular flexibility index (Phi) is 4.05. The van der Waals surface area contributed by atoms with Crippen LogP contribution in [0.25, 0.3) is 0 Å². The number of urea groups is 1. The van der Waals surface area contributed by atoms with E-state index in [9.17, 15) is 14.7 Å². The SMILES string of the molecule is O=C1NC2(CCCC2)C(=O)N1CC(O)c1cc(Cl)ccc1Cl. The number of hydrogen-bond acceptors (Lipinski definition) is 3. The van der Waals surface area contributed by atoms with E-state index in [1.807, 2.05) is 0 Å². The smallest absolute Gasteiger partial charge is 0.325 e. The molecule has 1 heterocycles. The second-order valence-electron chi connectivity index (χ2n) is 5.82. The number of hydrogen-bond donors (Lipinski definition) is 2. The third kappa shape index (κ3) is 2.57. The molecule has 1 spiro atoms. The minimum atomic E-state index is -1.07. The highest BCUT2D eigenvalue weighted by Crippen LogP contribution is 2.36. The molecule has 1 unspecified atom stereocenters. The lowest BCUT2D eigenvalue weighted by atomic mass is 9.98. The first-order valence-corrected chi connectivity index (χ1v) is 7.96. The van der Waals surface area contributed by atoms with Crippen molar-refractivity contribution in [3.63, 3.8) is 0 Å². The average Bonchev–Trinajstić information content (AvgIpc) is 3.03. The molecule has 1 saturated carbocycles. The van der Waals surface area contributed by atoms with Gasteiger partial charge < -0.3 is 10.4 Å². The normalized spacial score (nSPS) is 21.5. The maximum atomic E-state index is 12.5. The minimum absolute atomic E-state index is 0.132. The maximum absolute atomic E-state index is 12.5. The fourth-order valence-electron chi connectivity index (χ4n) is 3.20. The maximum Gasteiger partial charge on any atom is 0.325 e. The molecule has 0 radical (unpaired) electrons. The van der Waals surface area contributed by atoms with Crippen molar-refractivity contribution in [3.8, 4) is 0 Å². The number of halogens is 2. The van der Waals surface area contributed by atoms with E-state index in [1.54, 1.807) is 18.2 Å². The fourth-order valence-corrected chi connectivity index (χ4v) is 3.62. The Morgan fingerprint density at radius 2 is 1.95 bits per heavy atom. The van der Waals surface area contributed by atoms with Crippen LogP contribution in [-0.4, -0.2) is 34.0 Å². The van der Waals surface area contributed by atoms with Crippen LogP contribution in [0.5, 0.6) is 0 Å². The first kappa shape index (κ1) is 15.6. The summed E-state index contributed by atoms with van der Waals surface area (Å²) in [7, 11) is 0. The van der Waals surface area contributed by atoms with Gasteiger partial charge in [-0.15, -0.1) is 0 Å². The number of benzene rings is 1. The number of amides is 3. The van der Waals surface area contributed by atoms with Crippen LogP contribution >= 0.6 is 23.2 Å². The van der Waals surface area contributed by atoms with Crippen LogP contribution in [0.2, 0.25) is 10.0 Å². The Labute approximate surface area is 138 Å². The van der Waals surface area contributed by atoms with Gasteiger partial charge in [0.1, 0.15) is 5.54 Å². The third-order valence-electron chi connectivity index (χ3n) is 4.38. The number of aliphatic hydroxyl groups is 1. The van der Waals surface area contributed by atoms with Gasteiger partial charge >= 0.3 is 6.03 Å². The minimum Gasteiger partial charge on any atom is -0.386 e. The summed E-state index contributed by atoms with van der Waals surface area (Å²) in [5.74, 6) is -0.257. The van der Waals surface area contributed by atoms with Gasteiger partial charge in [-0.1, -0.05) is 36.0 Å². The highest BCUT2D eigenvalue weighted by molar-refractivity contribution is 6.33. The quantitative estimate of drug-likeness (QED) is 0.829. The molecule has 2 fully saturated rings. The molecule has 1 atom stereocenters. The summed E-state index contributed by atoms with van der Waals surface area (Å²) in [6, 6.07) is 4.27. The Balaban J connectivity index is 1.79. The van der Waals surface area contributed by atoms with Crippen molar-refractivity contribution < 1.29 is 14.7 Å². The summed E-state index contributed by atoms with van der Waals surface area (Å²) < 4.78 is 0. The van der Waals surface area contributed by atoms with E-state index in [2.05, 4.69) is 5.32 Å². The molecule has 1 aliphatic carbocycles. The molecule has 2 aliphatic rings. The molecule has 7 heteroatoms. The number of rotatable bonds is 3. The predicted octanol–water partition coefficient (Wildman–Crippen LogP) is 2.89. The van der Waals surface area contributed by atoms with Crippen molar-refractivity contribution in [3.05, 3.63) is 33.8 Å². The van der Waals surface area contributed by atoms with Crippen molar-refractivity contribution in [2.24, 2.45) is 0 Å². The molecule has 0 bridgehead atoms. The summed E-state index contributed by atoms with van der Waals surface area (Å²) in [6.45, 7) is -0.132. The van der Waals surface area contributed by atoms with E-state index in [-0.39, 0.29) is 12.5 Å². The average molecular weight is 343 g/mol. The zero-order valence-corrected chi connectivity index (χ0v) is 13.3. The van der Waals surface area contributed by atoms with Crippen LogP contribution < -0.4 is 5.32 Å². The van der Waals surface area contributed by atoms with Crippen LogP contribution in [0.1, 0.15) is 37.4 Å². The zero-order valence-electron chi connectivity index (χ0n) is 11.8. The van der Waals surface area contributed by atoms with E-state index in [1.165, 1.54) is 0 Å². The van der Waals surface area contributed by atoms with Crippen LogP contribution in [0.15, 0.2) is 18.2 Å². The fraction of sp³-hybridized carbons (Fsp3) is 0.467. The zero-order chi connectivity index (χ0) is 15.9. The number of nitrogens with zero attached hydrogens (tertiary/aromatic N) is 1. The van der Waals surface area contributed by atoms with Crippen molar-refractivity contribution in [1.82, 2.24) is 10.2 Å². The molecule has 1 aromatic rings. The van der Waals surface area contributed by atoms with Gasteiger partial charge in [0.05, 0.1) is 12.6 Å². The number of β-amino-alcohol motifs (C(OH)–C–C–N with tert-alkyl or cyclic N) is 1. The van der Waals surface area contributed by atoms with E-state index >= 15 is 0 Å². The van der Waals surface area contributed by atoms with Crippen LogP contribution in [0.3, 0.4) is 0 Å². The van der Waals surface area contributed by atoms with Gasteiger partial charge in [0.2, 0.25) is 0 Å².